The van der Waals surface area contributed by atoms with E-state index < -0.39 is 132 Å². The first-order chi connectivity index (χ1) is 31.8. The van der Waals surface area contributed by atoms with Crippen LogP contribution in [-0.4, -0.2) is 155 Å². The van der Waals surface area contributed by atoms with Crippen molar-refractivity contribution in [1.29, 1.82) is 0 Å². The molecule has 23 nitrogen and oxygen atoms in total. The number of hydrogen-bond acceptors (Lipinski definition) is 19. The Bertz CT molecular complexity index is 1870. The van der Waals surface area contributed by atoms with Gasteiger partial charge in [-0.1, -0.05) is 74.5 Å². The molecule has 23 heteroatoms. The standard InChI is InChI=1S/C18H16O4.C14H22O9.C13H20O10/c19-17(20)15-13(11-7-3-1-4-8-11)16(18(21)22)14(15)12-9-5-2-6-10-12;1-7(2)12(17)22-9(4)13(18)23-10(6-20-5)14(19)21-8(3)11(15)16;1-6(14)11(17)22-8(3)12(18)23-9(5-20-4)13(19)21-7(2)10(15)16/h1-10,13-16H,(H,19,20)(H,21,22);7-10H,6H2,1-5H3,(H,15,16);6-9,14H,5H2,1-4H3,(H,15,16). The van der Waals surface area contributed by atoms with Gasteiger partial charge in [0.05, 0.1) is 31.0 Å². The predicted octanol–water partition coefficient (Wildman–Crippen LogP) is 1.99. The largest absolute Gasteiger partial charge is 0.481 e. The van der Waals surface area contributed by atoms with Gasteiger partial charge in [0.25, 0.3) is 0 Å². The van der Waals surface area contributed by atoms with Gasteiger partial charge in [0.1, 0.15) is 6.10 Å². The SMILES string of the molecule is COCC(OC(=O)C(C)OC(=O)C(C)C)C(=O)OC(C)C(=O)O.COCC(OC(=O)C(C)OC(=O)C(C)O)C(=O)OC(C)C(=O)O.O=C(O)C1C(c2ccccc2)C(C(=O)O)C1c1ccccc1. The third kappa shape index (κ3) is 18.7. The molecule has 2 aromatic carbocycles. The number of carbonyl (C=O) groups excluding carboxylic acids is 6. The molecule has 0 saturated heterocycles. The molecule has 376 valence electrons. The summed E-state index contributed by atoms with van der Waals surface area (Å²) in [5.74, 6) is -13.4. The fourth-order valence-electron chi connectivity index (χ4n) is 5.90. The van der Waals surface area contributed by atoms with Crippen molar-refractivity contribution in [3.63, 3.8) is 0 Å². The van der Waals surface area contributed by atoms with Gasteiger partial charge in [-0.3, -0.25) is 14.4 Å². The molecule has 7 unspecified atom stereocenters. The summed E-state index contributed by atoms with van der Waals surface area (Å²) in [4.78, 5) is 114. The zero-order chi connectivity index (χ0) is 52.0. The Kier molecular flexibility index (Phi) is 25.1. The molecule has 0 radical (unpaired) electrons. The average Bonchev–Trinajstić information content (AvgIpc) is 3.26. The third-order valence-corrected chi connectivity index (χ3v) is 9.51. The van der Waals surface area contributed by atoms with Gasteiger partial charge in [0.2, 0.25) is 12.2 Å². The highest BCUT2D eigenvalue weighted by molar-refractivity contribution is 5.86. The number of methoxy groups -OCH3 is 2. The Hall–Kier alpha value is -6.98. The molecule has 0 aromatic heterocycles. The minimum absolute atomic E-state index is 0.332. The second kappa shape index (κ2) is 28.9. The van der Waals surface area contributed by atoms with Gasteiger partial charge < -0.3 is 63.4 Å². The molecule has 2 aromatic rings. The van der Waals surface area contributed by atoms with Crippen molar-refractivity contribution >= 4 is 59.7 Å². The van der Waals surface area contributed by atoms with Crippen LogP contribution in [0.25, 0.3) is 0 Å². The van der Waals surface area contributed by atoms with E-state index in [0.29, 0.717) is 0 Å². The molecule has 1 saturated carbocycles. The molecule has 5 N–H and O–H groups in total. The topological polar surface area (TPSA) is 346 Å². The number of carbonyl (C=O) groups is 10. The lowest BCUT2D eigenvalue weighted by atomic mass is 9.52. The van der Waals surface area contributed by atoms with E-state index in [4.69, 9.17) is 39.0 Å². The van der Waals surface area contributed by atoms with Crippen LogP contribution in [-0.2, 0) is 85.8 Å². The number of aliphatic hydroxyl groups is 1. The smallest absolute Gasteiger partial charge is 0.350 e. The van der Waals surface area contributed by atoms with Crippen molar-refractivity contribution < 1.29 is 111 Å². The van der Waals surface area contributed by atoms with Crippen molar-refractivity contribution in [2.45, 2.75) is 103 Å². The van der Waals surface area contributed by atoms with Crippen LogP contribution in [0.3, 0.4) is 0 Å². The van der Waals surface area contributed by atoms with Crippen LogP contribution in [0, 0.1) is 17.8 Å². The first-order valence-corrected chi connectivity index (χ1v) is 20.7. The Balaban J connectivity index is 0.000000510. The number of aliphatic carboxylic acids is 4. The summed E-state index contributed by atoms with van der Waals surface area (Å²) < 4.78 is 37.7. The van der Waals surface area contributed by atoms with E-state index in [1.807, 2.05) is 36.4 Å². The van der Waals surface area contributed by atoms with Crippen LogP contribution in [0.4, 0.5) is 0 Å². The zero-order valence-electron chi connectivity index (χ0n) is 38.7. The molecule has 1 aliphatic rings. The van der Waals surface area contributed by atoms with Gasteiger partial charge >= 0.3 is 59.7 Å². The fraction of sp³-hybridized carbons (Fsp3) is 0.511. The van der Waals surface area contributed by atoms with E-state index in [1.54, 1.807) is 38.1 Å². The van der Waals surface area contributed by atoms with Gasteiger partial charge in [0.15, 0.2) is 24.4 Å². The van der Waals surface area contributed by atoms with Gasteiger partial charge in [-0.05, 0) is 45.7 Å². The maximum absolute atomic E-state index is 11.8. The monoisotopic (exact) mass is 966 g/mol. The normalized spacial score (nSPS) is 18.9. The number of benzene rings is 2. The number of hydrogen-bond donors (Lipinski definition) is 5. The summed E-state index contributed by atoms with van der Waals surface area (Å²) in [5.41, 5.74) is 1.55. The van der Waals surface area contributed by atoms with E-state index in [1.165, 1.54) is 28.1 Å². The number of carboxylic acids is 4. The summed E-state index contributed by atoms with van der Waals surface area (Å²) >= 11 is 0. The lowest BCUT2D eigenvalue weighted by molar-refractivity contribution is -0.186. The van der Waals surface area contributed by atoms with Crippen LogP contribution >= 0.6 is 0 Å². The molecular formula is C45H58O23. The van der Waals surface area contributed by atoms with Gasteiger partial charge in [-0.25, -0.2) is 33.6 Å². The summed E-state index contributed by atoms with van der Waals surface area (Å²) in [6.07, 6.45) is -9.88. The maximum Gasteiger partial charge on any atom is 0.350 e. The fourth-order valence-corrected chi connectivity index (χ4v) is 5.90. The minimum Gasteiger partial charge on any atom is -0.481 e. The molecule has 1 aliphatic carbocycles. The summed E-state index contributed by atoms with van der Waals surface area (Å²) in [6.45, 7) is 8.37. The molecule has 7 atom stereocenters. The van der Waals surface area contributed by atoms with Gasteiger partial charge in [-0.2, -0.15) is 0 Å². The molecule has 0 spiro atoms. The Morgan fingerprint density at radius 2 is 0.750 bits per heavy atom. The van der Waals surface area contributed by atoms with E-state index in [-0.39, 0.29) is 13.2 Å². The Morgan fingerprint density at radius 3 is 1.01 bits per heavy atom. The highest BCUT2D eigenvalue weighted by Crippen LogP contribution is 2.57. The quantitative estimate of drug-likeness (QED) is 0.0832. The number of aliphatic hydroxyl groups excluding tert-OH is 1. The van der Waals surface area contributed by atoms with Crippen molar-refractivity contribution in [1.82, 2.24) is 0 Å². The van der Waals surface area contributed by atoms with Crippen LogP contribution in [0.2, 0.25) is 0 Å². The molecule has 0 aliphatic heterocycles. The molecule has 1 fully saturated rings. The molecular weight excluding hydrogens is 908 g/mol. The molecule has 3 rings (SSSR count). The van der Waals surface area contributed by atoms with Crippen molar-refractivity contribution in [3.05, 3.63) is 71.8 Å². The van der Waals surface area contributed by atoms with Crippen LogP contribution in [0.15, 0.2) is 60.7 Å². The number of carboxylic acid groups (broad SMARTS) is 4. The van der Waals surface area contributed by atoms with Gasteiger partial charge in [-0.15, -0.1) is 0 Å². The highest BCUT2D eigenvalue weighted by Gasteiger charge is 2.58. The Labute approximate surface area is 390 Å². The number of rotatable bonds is 22. The minimum atomic E-state index is -1.53. The molecule has 0 bridgehead atoms. The number of esters is 6. The maximum atomic E-state index is 11.8. The summed E-state index contributed by atoms with van der Waals surface area (Å²) in [7, 11) is 2.49. The van der Waals surface area contributed by atoms with E-state index in [9.17, 15) is 58.2 Å². The van der Waals surface area contributed by atoms with E-state index in [0.717, 1.165) is 31.9 Å². The van der Waals surface area contributed by atoms with E-state index >= 15 is 0 Å². The molecule has 0 amide bonds. The lowest BCUT2D eigenvalue weighted by Gasteiger charge is -2.48. The number of ether oxygens (including phenoxy) is 8. The first kappa shape index (κ1) is 59.0. The lowest BCUT2D eigenvalue weighted by Crippen LogP contribution is -2.50. The second-order valence-corrected chi connectivity index (χ2v) is 15.2. The Morgan fingerprint density at radius 1 is 0.441 bits per heavy atom. The predicted molar refractivity (Wildman–Crippen MR) is 228 cm³/mol. The van der Waals surface area contributed by atoms with Gasteiger partial charge in [0, 0.05) is 26.1 Å². The summed E-state index contributed by atoms with van der Waals surface area (Å²) in [5, 5.41) is 45.5. The average molecular weight is 967 g/mol. The highest BCUT2D eigenvalue weighted by atomic mass is 16.6. The van der Waals surface area contributed by atoms with Crippen molar-refractivity contribution in [3.8, 4) is 0 Å². The molecule has 0 heterocycles. The second-order valence-electron chi connectivity index (χ2n) is 15.2. The van der Waals surface area contributed by atoms with Crippen molar-refractivity contribution in [2.75, 3.05) is 27.4 Å². The van der Waals surface area contributed by atoms with E-state index in [2.05, 4.69) is 14.2 Å². The first-order valence-electron chi connectivity index (χ1n) is 20.7. The van der Waals surface area contributed by atoms with Crippen molar-refractivity contribution in [2.24, 2.45) is 17.8 Å². The zero-order valence-corrected chi connectivity index (χ0v) is 38.7. The molecule has 68 heavy (non-hydrogen) atoms. The third-order valence-electron chi connectivity index (χ3n) is 9.51. The summed E-state index contributed by atoms with van der Waals surface area (Å²) in [6, 6.07) is 18.1. The van der Waals surface area contributed by atoms with Crippen LogP contribution in [0.5, 0.6) is 0 Å². The van der Waals surface area contributed by atoms with Crippen LogP contribution < -0.4 is 0 Å². The van der Waals surface area contributed by atoms with Crippen LogP contribution in [0.1, 0.15) is 71.4 Å².